The van der Waals surface area contributed by atoms with Crippen molar-refractivity contribution < 1.29 is 64.6 Å². The van der Waals surface area contributed by atoms with Gasteiger partial charge in [-0.25, -0.2) is 0 Å². The summed E-state index contributed by atoms with van der Waals surface area (Å²) in [5.74, 6) is -0.205. The first-order valence-electron chi connectivity index (χ1n) is 32.7. The molecule has 0 radical (unpaired) electrons. The van der Waals surface area contributed by atoms with Crippen molar-refractivity contribution in [2.24, 2.45) is 0 Å². The minimum absolute atomic E-state index is 0.205. The predicted molar refractivity (Wildman–Crippen MR) is 318 cm³/mol. The molecular weight excluding hydrogens is 1000 g/mol. The number of allylic oxidation sites excluding steroid dienone is 6. The summed E-state index contributed by atoms with van der Waals surface area (Å²) in [5, 5.41) is 87.1. The maximum absolute atomic E-state index is 13.3. The van der Waals surface area contributed by atoms with Crippen LogP contribution in [0.5, 0.6) is 0 Å². The highest BCUT2D eigenvalue weighted by molar-refractivity contribution is 5.76. The van der Waals surface area contributed by atoms with Crippen molar-refractivity contribution in [1.82, 2.24) is 5.32 Å². The first-order chi connectivity index (χ1) is 38.6. The van der Waals surface area contributed by atoms with Crippen LogP contribution in [0.3, 0.4) is 0 Å². The van der Waals surface area contributed by atoms with Crippen LogP contribution in [-0.2, 0) is 23.7 Å². The van der Waals surface area contributed by atoms with Crippen molar-refractivity contribution in [1.29, 1.82) is 0 Å². The van der Waals surface area contributed by atoms with E-state index in [2.05, 4.69) is 55.6 Å². The van der Waals surface area contributed by atoms with Crippen LogP contribution in [0.4, 0.5) is 0 Å². The third-order valence-corrected chi connectivity index (χ3v) is 16.1. The van der Waals surface area contributed by atoms with Gasteiger partial charge in [-0.1, -0.05) is 256 Å². The second-order valence-electron chi connectivity index (χ2n) is 23.2. The Bertz CT molecular complexity index is 1460. The summed E-state index contributed by atoms with van der Waals surface area (Å²) in [6, 6.07) is -0.825. The Balaban J connectivity index is 1.56. The summed E-state index contributed by atoms with van der Waals surface area (Å²) in [4.78, 5) is 13.3. The lowest BCUT2D eigenvalue weighted by Crippen LogP contribution is -2.65. The van der Waals surface area contributed by atoms with Crippen molar-refractivity contribution in [3.05, 3.63) is 36.5 Å². The average molecular weight is 1120 g/mol. The number of nitrogens with one attached hydrogen (secondary N) is 1. The van der Waals surface area contributed by atoms with Crippen LogP contribution in [0.2, 0.25) is 0 Å². The first-order valence-corrected chi connectivity index (χ1v) is 32.7. The molecule has 0 aromatic heterocycles. The lowest BCUT2D eigenvalue weighted by atomic mass is 9.97. The molecule has 12 unspecified atom stereocenters. The topological polar surface area (TPSA) is 228 Å². The molecule has 2 fully saturated rings. The quantitative estimate of drug-likeness (QED) is 0.0204. The van der Waals surface area contributed by atoms with E-state index in [1.165, 1.54) is 186 Å². The Hall–Kier alpha value is -1.79. The molecule has 2 aliphatic rings. The van der Waals surface area contributed by atoms with E-state index < -0.39 is 86.8 Å². The third-order valence-electron chi connectivity index (χ3n) is 16.1. The number of hydrogen-bond donors (Lipinski definition) is 9. The number of unbranched alkanes of at least 4 members (excludes halogenated alkanes) is 34. The van der Waals surface area contributed by atoms with Crippen molar-refractivity contribution >= 4 is 5.91 Å². The normalized spacial score (nSPS) is 24.6. The van der Waals surface area contributed by atoms with Crippen LogP contribution >= 0.6 is 0 Å². The predicted octanol–water partition coefficient (Wildman–Crippen LogP) is 12.2. The molecule has 0 spiro atoms. The Kier molecular flexibility index (Phi) is 47.0. The lowest BCUT2D eigenvalue weighted by molar-refractivity contribution is -0.359. The van der Waals surface area contributed by atoms with Crippen molar-refractivity contribution in [2.45, 2.75) is 351 Å². The molecule has 0 aliphatic carbocycles. The fourth-order valence-electron chi connectivity index (χ4n) is 10.8. The van der Waals surface area contributed by atoms with Gasteiger partial charge in [-0.2, -0.15) is 0 Å². The van der Waals surface area contributed by atoms with Gasteiger partial charge in [0.2, 0.25) is 5.91 Å². The van der Waals surface area contributed by atoms with Crippen molar-refractivity contribution in [2.75, 3.05) is 19.8 Å². The largest absolute Gasteiger partial charge is 0.394 e. The van der Waals surface area contributed by atoms with Crippen LogP contribution in [0.1, 0.15) is 277 Å². The molecule has 12 atom stereocenters. The van der Waals surface area contributed by atoms with E-state index in [4.69, 9.17) is 18.9 Å². The van der Waals surface area contributed by atoms with Gasteiger partial charge in [-0.15, -0.1) is 0 Å². The summed E-state index contributed by atoms with van der Waals surface area (Å²) in [6.45, 7) is 2.84. The molecule has 2 rings (SSSR count). The average Bonchev–Trinajstić information content (AvgIpc) is 3.47. The van der Waals surface area contributed by atoms with E-state index >= 15 is 0 Å². The lowest BCUT2D eigenvalue weighted by Gasteiger charge is -2.46. The summed E-state index contributed by atoms with van der Waals surface area (Å²) < 4.78 is 22.8. The molecule has 1 amide bonds. The molecular formula is C65H121NO13. The molecule has 14 heteroatoms. The molecule has 2 aliphatic heterocycles. The molecule has 14 nitrogen and oxygen atoms in total. The van der Waals surface area contributed by atoms with Gasteiger partial charge >= 0.3 is 0 Å². The number of carbonyl (C=O) groups excluding carboxylic acids is 1. The number of ether oxygens (including phenoxy) is 4. The molecule has 0 saturated carbocycles. The van der Waals surface area contributed by atoms with Crippen molar-refractivity contribution in [3.63, 3.8) is 0 Å². The zero-order valence-corrected chi connectivity index (χ0v) is 50.1. The van der Waals surface area contributed by atoms with Crippen LogP contribution in [-0.4, -0.2) is 140 Å². The van der Waals surface area contributed by atoms with E-state index in [1.807, 2.05) is 0 Å². The summed E-state index contributed by atoms with van der Waals surface area (Å²) >= 11 is 0. The number of carbonyl (C=O) groups is 1. The second kappa shape index (κ2) is 50.7. The van der Waals surface area contributed by atoms with E-state index in [0.717, 1.165) is 64.2 Å². The number of amides is 1. The first kappa shape index (κ1) is 73.3. The van der Waals surface area contributed by atoms with Crippen LogP contribution in [0, 0.1) is 0 Å². The monoisotopic (exact) mass is 1120 g/mol. The van der Waals surface area contributed by atoms with Crippen LogP contribution < -0.4 is 5.32 Å². The molecule has 464 valence electrons. The molecule has 2 heterocycles. The number of rotatable bonds is 53. The third kappa shape index (κ3) is 35.8. The SMILES string of the molecule is CCCCCCC/C=C\C/C=C\C/C=C\CCCCCCCCCCCCCCCCCCCCCCC(=O)NC(COC1OC(CO)C(OC2OC(CO)C(O)C(O)C2O)C(O)C1O)C(O)CCCCCCCCCCCC. The standard InChI is InChI=1S/C65H121NO13/c1-3-5-7-9-11-13-15-16-17-18-19-20-21-22-23-24-25-26-27-28-29-30-31-32-33-34-35-36-37-38-39-41-43-45-47-49-57(70)66-53(54(69)48-46-44-42-40-14-12-10-8-6-4-2)52-76-64-62(75)60(73)63(56(51-68)78-64)79-65-61(74)59(72)58(71)55(50-67)77-65/h15-16,18-19,21-22,53-56,58-65,67-69,71-75H,3-14,17,20,23-52H2,1-2H3,(H,66,70)/b16-15-,19-18-,22-21-. The number of hydrogen-bond acceptors (Lipinski definition) is 13. The summed E-state index contributed by atoms with van der Waals surface area (Å²) in [5.41, 5.74) is 0. The molecule has 0 bridgehead atoms. The number of aliphatic hydroxyl groups excluding tert-OH is 8. The zero-order valence-electron chi connectivity index (χ0n) is 50.1. The van der Waals surface area contributed by atoms with Crippen LogP contribution in [0.25, 0.3) is 0 Å². The Morgan fingerprint density at radius 2 is 0.835 bits per heavy atom. The minimum Gasteiger partial charge on any atom is -0.394 e. The van der Waals surface area contributed by atoms with E-state index in [9.17, 15) is 45.6 Å². The fourth-order valence-corrected chi connectivity index (χ4v) is 10.8. The maximum Gasteiger partial charge on any atom is 0.220 e. The Morgan fingerprint density at radius 1 is 0.456 bits per heavy atom. The highest BCUT2D eigenvalue weighted by Crippen LogP contribution is 2.30. The molecule has 2 saturated heterocycles. The fraction of sp³-hybridized carbons (Fsp3) is 0.892. The Morgan fingerprint density at radius 3 is 1.28 bits per heavy atom. The molecule has 79 heavy (non-hydrogen) atoms. The number of aliphatic hydroxyl groups is 8. The molecule has 0 aromatic rings. The van der Waals surface area contributed by atoms with E-state index in [1.54, 1.807) is 0 Å². The van der Waals surface area contributed by atoms with Crippen LogP contribution in [0.15, 0.2) is 36.5 Å². The molecule has 9 N–H and O–H groups in total. The maximum atomic E-state index is 13.3. The van der Waals surface area contributed by atoms with Gasteiger partial charge in [0.1, 0.15) is 48.8 Å². The van der Waals surface area contributed by atoms with Gasteiger partial charge < -0.3 is 65.1 Å². The molecule has 0 aromatic carbocycles. The summed E-state index contributed by atoms with van der Waals surface area (Å²) in [7, 11) is 0. The van der Waals surface area contributed by atoms with Gasteiger partial charge in [0, 0.05) is 6.42 Å². The van der Waals surface area contributed by atoms with Crippen molar-refractivity contribution in [3.8, 4) is 0 Å². The van der Waals surface area contributed by atoms with Gasteiger partial charge in [-0.3, -0.25) is 4.79 Å². The smallest absolute Gasteiger partial charge is 0.220 e. The zero-order chi connectivity index (χ0) is 57.4. The van der Waals surface area contributed by atoms with Gasteiger partial charge in [0.25, 0.3) is 0 Å². The highest BCUT2D eigenvalue weighted by atomic mass is 16.7. The van der Waals surface area contributed by atoms with Gasteiger partial charge in [0.15, 0.2) is 12.6 Å². The van der Waals surface area contributed by atoms with E-state index in [-0.39, 0.29) is 12.5 Å². The van der Waals surface area contributed by atoms with Gasteiger partial charge in [-0.05, 0) is 51.4 Å². The van der Waals surface area contributed by atoms with E-state index in [0.29, 0.717) is 12.8 Å². The summed E-state index contributed by atoms with van der Waals surface area (Å²) in [6.07, 6.45) is 46.2. The highest BCUT2D eigenvalue weighted by Gasteiger charge is 2.51. The van der Waals surface area contributed by atoms with Gasteiger partial charge in [0.05, 0.1) is 32.0 Å². The minimum atomic E-state index is -1.78. The second-order valence-corrected chi connectivity index (χ2v) is 23.2. The Labute approximate surface area is 481 Å².